The van der Waals surface area contributed by atoms with Crippen molar-refractivity contribution in [1.82, 2.24) is 19.8 Å². The molecule has 1 aliphatic rings. The van der Waals surface area contributed by atoms with Gasteiger partial charge in [-0.05, 0) is 47.5 Å². The maximum atomic E-state index is 13.7. The molecule has 7 nitrogen and oxygen atoms in total. The smallest absolute Gasteiger partial charge is 0.257 e. The molecule has 0 atom stereocenters. The molecule has 0 aliphatic carbocycles. The van der Waals surface area contributed by atoms with Crippen molar-refractivity contribution in [2.24, 2.45) is 7.05 Å². The van der Waals surface area contributed by atoms with Gasteiger partial charge in [0.2, 0.25) is 5.43 Å². The second-order valence-electron chi connectivity index (χ2n) is 9.21. The first-order valence-electron chi connectivity index (χ1n) is 12.4. The number of carbonyl (C=O) groups is 1. The van der Waals surface area contributed by atoms with E-state index in [0.29, 0.717) is 35.7 Å². The fraction of sp³-hybridized carbons (Fsp3) is 0.233. The molecule has 192 valence electrons. The Kier molecular flexibility index (Phi) is 7.85. The van der Waals surface area contributed by atoms with E-state index < -0.39 is 5.91 Å². The predicted octanol–water partition coefficient (Wildman–Crippen LogP) is 3.75. The molecule has 1 aliphatic heterocycles. The van der Waals surface area contributed by atoms with Crippen molar-refractivity contribution in [3.8, 4) is 11.8 Å². The lowest BCUT2D eigenvalue weighted by Crippen LogP contribution is -2.35. The zero-order valence-corrected chi connectivity index (χ0v) is 21.8. The van der Waals surface area contributed by atoms with Gasteiger partial charge in [-0.15, -0.1) is 0 Å². The van der Waals surface area contributed by atoms with E-state index in [1.807, 2.05) is 43.4 Å². The van der Waals surface area contributed by atoms with Crippen LogP contribution in [0.5, 0.6) is 0 Å². The van der Waals surface area contributed by atoms with Gasteiger partial charge in [-0.3, -0.25) is 19.5 Å². The highest BCUT2D eigenvalue weighted by atomic mass is 35.5. The van der Waals surface area contributed by atoms with Crippen LogP contribution in [0.2, 0.25) is 5.02 Å². The van der Waals surface area contributed by atoms with Gasteiger partial charge in [0.05, 0.1) is 18.7 Å². The second-order valence-corrected chi connectivity index (χ2v) is 9.65. The van der Waals surface area contributed by atoms with Gasteiger partial charge in [0.25, 0.3) is 5.91 Å². The first-order chi connectivity index (χ1) is 18.5. The second kappa shape index (κ2) is 11.6. The third-order valence-corrected chi connectivity index (χ3v) is 6.71. The Morgan fingerprint density at radius 2 is 1.89 bits per heavy atom. The van der Waals surface area contributed by atoms with Crippen LogP contribution in [0.4, 0.5) is 0 Å². The number of aryl methyl sites for hydroxylation is 1. The summed E-state index contributed by atoms with van der Waals surface area (Å²) >= 11 is 5.95. The van der Waals surface area contributed by atoms with Crippen LogP contribution in [0.1, 0.15) is 32.6 Å². The third kappa shape index (κ3) is 5.95. The topological polar surface area (TPSA) is 76.5 Å². The summed E-state index contributed by atoms with van der Waals surface area (Å²) in [4.78, 5) is 33.2. The van der Waals surface area contributed by atoms with Crippen LogP contribution >= 0.6 is 11.6 Å². The molecule has 0 unspecified atom stereocenters. The van der Waals surface area contributed by atoms with E-state index in [2.05, 4.69) is 27.0 Å². The molecule has 3 heterocycles. The molecule has 38 heavy (non-hydrogen) atoms. The minimum absolute atomic E-state index is 0.0867. The number of halogens is 1. The van der Waals surface area contributed by atoms with Crippen molar-refractivity contribution in [3.05, 3.63) is 110 Å². The molecular weight excluding hydrogens is 500 g/mol. The fourth-order valence-corrected chi connectivity index (χ4v) is 4.66. The van der Waals surface area contributed by atoms with Gasteiger partial charge in [0, 0.05) is 73.4 Å². The number of nitrogens with one attached hydrogen (secondary N) is 1. The summed E-state index contributed by atoms with van der Waals surface area (Å²) in [5, 5.41) is 3.95. The van der Waals surface area contributed by atoms with Gasteiger partial charge in [0.1, 0.15) is 5.56 Å². The highest BCUT2D eigenvalue weighted by molar-refractivity contribution is 6.30. The molecule has 0 radical (unpaired) electrons. The molecule has 5 rings (SSSR count). The van der Waals surface area contributed by atoms with Crippen LogP contribution in [0.3, 0.4) is 0 Å². The molecule has 1 saturated heterocycles. The van der Waals surface area contributed by atoms with Gasteiger partial charge >= 0.3 is 0 Å². The van der Waals surface area contributed by atoms with Crippen LogP contribution < -0.4 is 10.7 Å². The molecule has 2 aromatic heterocycles. The van der Waals surface area contributed by atoms with Gasteiger partial charge in [-0.25, -0.2) is 0 Å². The number of rotatable bonds is 5. The Bertz CT molecular complexity index is 1580. The molecule has 1 N–H and O–H groups in total. The van der Waals surface area contributed by atoms with E-state index in [0.717, 1.165) is 35.3 Å². The SMILES string of the molecule is Cn1cc(C(=O)NCc2ccc(Cl)cc2)c(=O)c2cc(CN3CCOCC3)cc(C#Cc3cccnc3)c21. The number of nitrogens with zero attached hydrogens (tertiary/aromatic N) is 3. The van der Waals surface area contributed by atoms with Gasteiger partial charge in [-0.1, -0.05) is 35.6 Å². The van der Waals surface area contributed by atoms with E-state index in [-0.39, 0.29) is 17.5 Å². The number of aromatic nitrogens is 2. The zero-order valence-electron chi connectivity index (χ0n) is 21.0. The number of morpholine rings is 1. The molecule has 1 amide bonds. The summed E-state index contributed by atoms with van der Waals surface area (Å²) in [5.41, 5.74) is 3.81. The van der Waals surface area contributed by atoms with E-state index in [4.69, 9.17) is 16.3 Å². The first kappa shape index (κ1) is 25.7. The Morgan fingerprint density at radius 3 is 2.63 bits per heavy atom. The number of hydrogen-bond acceptors (Lipinski definition) is 5. The summed E-state index contributed by atoms with van der Waals surface area (Å²) in [6.07, 6.45) is 4.99. The van der Waals surface area contributed by atoms with Crippen LogP contribution in [0.15, 0.2) is 71.9 Å². The van der Waals surface area contributed by atoms with Crippen LogP contribution in [0.25, 0.3) is 10.9 Å². The van der Waals surface area contributed by atoms with Gasteiger partial charge in [0.15, 0.2) is 0 Å². The predicted molar refractivity (Wildman–Crippen MR) is 148 cm³/mol. The minimum Gasteiger partial charge on any atom is -0.379 e. The standard InChI is InChI=1S/C30H27ClN4O3/c1-34-20-27(30(37)33-18-22-5-8-25(31)9-6-22)29(36)26-16-23(19-35-11-13-38-14-12-35)15-24(28(26)34)7-4-21-3-2-10-32-17-21/h2-3,5-6,8-10,15-17,20H,11-14,18-19H2,1H3,(H,33,37). The van der Waals surface area contributed by atoms with E-state index in [1.54, 1.807) is 35.3 Å². The van der Waals surface area contributed by atoms with Gasteiger partial charge in [-0.2, -0.15) is 0 Å². The number of pyridine rings is 2. The molecule has 0 saturated carbocycles. The summed E-state index contributed by atoms with van der Waals surface area (Å²) < 4.78 is 7.29. The fourth-order valence-electron chi connectivity index (χ4n) is 4.53. The van der Waals surface area contributed by atoms with Gasteiger partial charge < -0.3 is 14.6 Å². The number of hydrogen-bond donors (Lipinski definition) is 1. The highest BCUT2D eigenvalue weighted by Gasteiger charge is 2.18. The Morgan fingerprint density at radius 1 is 1.11 bits per heavy atom. The van der Waals surface area contributed by atoms with Crippen molar-refractivity contribution in [2.75, 3.05) is 26.3 Å². The first-order valence-corrected chi connectivity index (χ1v) is 12.8. The third-order valence-electron chi connectivity index (χ3n) is 6.46. The lowest BCUT2D eigenvalue weighted by molar-refractivity contribution is 0.0342. The molecule has 8 heteroatoms. The summed E-state index contributed by atoms with van der Waals surface area (Å²) in [6.45, 7) is 3.95. The van der Waals surface area contributed by atoms with Crippen LogP contribution in [-0.2, 0) is 24.9 Å². The minimum atomic E-state index is -0.427. The number of carbonyl (C=O) groups excluding carboxylic acids is 1. The molecule has 2 aromatic carbocycles. The average Bonchev–Trinajstić information content (AvgIpc) is 2.94. The van der Waals surface area contributed by atoms with E-state index in [9.17, 15) is 9.59 Å². The van der Waals surface area contributed by atoms with Crippen molar-refractivity contribution in [3.63, 3.8) is 0 Å². The summed E-state index contributed by atoms with van der Waals surface area (Å²) in [5.74, 6) is 5.98. The van der Waals surface area contributed by atoms with Crippen molar-refractivity contribution in [1.29, 1.82) is 0 Å². The summed E-state index contributed by atoms with van der Waals surface area (Å²) in [6, 6.07) is 14.9. The Balaban J connectivity index is 1.54. The monoisotopic (exact) mass is 526 g/mol. The maximum absolute atomic E-state index is 13.7. The Labute approximate surface area is 226 Å². The highest BCUT2D eigenvalue weighted by Crippen LogP contribution is 2.21. The molecule has 4 aromatic rings. The average molecular weight is 527 g/mol. The maximum Gasteiger partial charge on any atom is 0.257 e. The normalized spacial score (nSPS) is 13.6. The lowest BCUT2D eigenvalue weighted by atomic mass is 10.0. The molecule has 1 fully saturated rings. The number of fused-ring (bicyclic) bond motifs is 1. The number of ether oxygens (including phenoxy) is 1. The Hall–Kier alpha value is -3.96. The quantitative estimate of drug-likeness (QED) is 0.401. The summed E-state index contributed by atoms with van der Waals surface area (Å²) in [7, 11) is 1.83. The lowest BCUT2D eigenvalue weighted by Gasteiger charge is -2.26. The van der Waals surface area contributed by atoms with Crippen LogP contribution in [-0.4, -0.2) is 46.7 Å². The van der Waals surface area contributed by atoms with Crippen molar-refractivity contribution < 1.29 is 9.53 Å². The molecule has 0 spiro atoms. The van der Waals surface area contributed by atoms with Crippen LogP contribution in [0, 0.1) is 11.8 Å². The number of amides is 1. The van der Waals surface area contributed by atoms with Crippen molar-refractivity contribution >= 4 is 28.4 Å². The largest absolute Gasteiger partial charge is 0.379 e. The molecule has 0 bridgehead atoms. The van der Waals surface area contributed by atoms with Crippen molar-refractivity contribution in [2.45, 2.75) is 13.1 Å². The number of benzene rings is 2. The zero-order chi connectivity index (χ0) is 26.5. The van der Waals surface area contributed by atoms with E-state index >= 15 is 0 Å². The molecular formula is C30H27ClN4O3. The van der Waals surface area contributed by atoms with E-state index in [1.165, 1.54) is 0 Å².